The molecule has 0 spiro atoms. The van der Waals surface area contributed by atoms with Crippen molar-refractivity contribution in [2.24, 2.45) is 0 Å². The highest BCUT2D eigenvalue weighted by atomic mass is 35.5. The molecule has 3 rings (SSSR count). The van der Waals surface area contributed by atoms with Crippen molar-refractivity contribution in [3.05, 3.63) is 40.7 Å². The Kier molecular flexibility index (Phi) is 5.38. The highest BCUT2D eigenvalue weighted by molar-refractivity contribution is 6.30. The lowest BCUT2D eigenvalue weighted by Crippen LogP contribution is -2.58. The number of carbonyl (C=O) groups is 2. The number of alkyl halides is 2. The smallest absolute Gasteiger partial charge is 0.329 e. The maximum atomic E-state index is 13.4. The van der Waals surface area contributed by atoms with Gasteiger partial charge in [0, 0.05) is 17.9 Å². The van der Waals surface area contributed by atoms with Crippen molar-refractivity contribution in [1.29, 1.82) is 0 Å². The van der Waals surface area contributed by atoms with Crippen LogP contribution in [0.1, 0.15) is 37.1 Å². The van der Waals surface area contributed by atoms with E-state index < -0.39 is 36.2 Å². The van der Waals surface area contributed by atoms with E-state index in [1.807, 2.05) is 0 Å². The fourth-order valence-electron chi connectivity index (χ4n) is 3.27. The molecule has 0 aliphatic heterocycles. The van der Waals surface area contributed by atoms with E-state index in [0.29, 0.717) is 22.1 Å². The van der Waals surface area contributed by atoms with E-state index in [1.165, 1.54) is 4.68 Å². The number of carboxylic acids is 1. The Balaban J connectivity index is 1.74. The van der Waals surface area contributed by atoms with Gasteiger partial charge >= 0.3 is 5.97 Å². The number of aromatic nitrogens is 3. The monoisotopic (exact) mass is 412 g/mol. The van der Waals surface area contributed by atoms with E-state index in [2.05, 4.69) is 15.6 Å². The molecular weight excluding hydrogens is 394 g/mol. The molecule has 1 saturated carbocycles. The molecule has 28 heavy (non-hydrogen) atoms. The van der Waals surface area contributed by atoms with Crippen LogP contribution in [0.5, 0.6) is 0 Å². The van der Waals surface area contributed by atoms with Gasteiger partial charge in [-0.1, -0.05) is 22.9 Å². The van der Waals surface area contributed by atoms with Gasteiger partial charge < -0.3 is 10.4 Å². The van der Waals surface area contributed by atoms with Gasteiger partial charge in [0.2, 0.25) is 11.8 Å². The highest BCUT2D eigenvalue weighted by Gasteiger charge is 2.49. The highest BCUT2D eigenvalue weighted by Crippen LogP contribution is 2.38. The minimum absolute atomic E-state index is 0.210. The zero-order chi connectivity index (χ0) is 20.5. The predicted octanol–water partition coefficient (Wildman–Crippen LogP) is 2.92. The molecule has 0 radical (unpaired) electrons. The average Bonchev–Trinajstić information content (AvgIpc) is 2.97. The first-order valence-corrected chi connectivity index (χ1v) is 9.09. The first kappa shape index (κ1) is 20.2. The summed E-state index contributed by atoms with van der Waals surface area (Å²) in [5, 5.41) is 20.5. The third-order valence-corrected chi connectivity index (χ3v) is 5.23. The topological polar surface area (TPSA) is 97.1 Å². The van der Waals surface area contributed by atoms with Gasteiger partial charge in [-0.3, -0.25) is 4.79 Å². The number of carbonyl (C=O) groups excluding carboxylic acids is 1. The molecule has 10 heteroatoms. The second kappa shape index (κ2) is 7.46. The molecule has 0 saturated heterocycles. The molecule has 0 unspecified atom stereocenters. The van der Waals surface area contributed by atoms with Crippen molar-refractivity contribution in [3.8, 4) is 5.69 Å². The maximum absolute atomic E-state index is 13.4. The number of rotatable bonds is 5. The van der Waals surface area contributed by atoms with Gasteiger partial charge in [-0.2, -0.15) is 0 Å². The number of benzene rings is 1. The molecule has 1 heterocycles. The van der Waals surface area contributed by atoms with Gasteiger partial charge in [0.25, 0.3) is 0 Å². The van der Waals surface area contributed by atoms with Crippen molar-refractivity contribution < 1.29 is 23.5 Å². The van der Waals surface area contributed by atoms with Crippen molar-refractivity contribution in [3.63, 3.8) is 0 Å². The van der Waals surface area contributed by atoms with Crippen LogP contribution >= 0.6 is 11.6 Å². The van der Waals surface area contributed by atoms with Crippen LogP contribution in [0.3, 0.4) is 0 Å². The van der Waals surface area contributed by atoms with Crippen molar-refractivity contribution >= 4 is 23.5 Å². The van der Waals surface area contributed by atoms with Crippen LogP contribution in [0.2, 0.25) is 5.02 Å². The van der Waals surface area contributed by atoms with Crippen LogP contribution < -0.4 is 5.32 Å². The molecule has 0 atom stereocenters. The van der Waals surface area contributed by atoms with Crippen LogP contribution in [0.15, 0.2) is 24.3 Å². The summed E-state index contributed by atoms with van der Waals surface area (Å²) >= 11 is 5.98. The first-order chi connectivity index (χ1) is 13.1. The Morgan fingerprint density at radius 3 is 2.57 bits per heavy atom. The van der Waals surface area contributed by atoms with E-state index in [9.17, 15) is 23.5 Å². The standard InChI is InChI=1S/C18H19ClF2N4O3/c1-11-14(23-24-25(11)13-4-2-3-12(19)9-13)10-15(26)22-17(16(27)28)5-7-18(20,21)8-6-17/h2-4,9H,5-8,10H2,1H3,(H,22,26)(H,27,28). The van der Waals surface area contributed by atoms with Crippen LogP contribution in [0.4, 0.5) is 8.78 Å². The number of nitrogens with one attached hydrogen (secondary N) is 1. The molecule has 1 fully saturated rings. The molecule has 1 aliphatic rings. The van der Waals surface area contributed by atoms with E-state index in [-0.39, 0.29) is 19.3 Å². The molecule has 150 valence electrons. The summed E-state index contributed by atoms with van der Waals surface area (Å²) < 4.78 is 28.3. The van der Waals surface area contributed by atoms with Crippen molar-refractivity contribution in [2.75, 3.05) is 0 Å². The summed E-state index contributed by atoms with van der Waals surface area (Å²) in [4.78, 5) is 24.1. The quantitative estimate of drug-likeness (QED) is 0.787. The molecule has 7 nitrogen and oxygen atoms in total. The Hall–Kier alpha value is -2.55. The molecule has 2 aromatic rings. The Bertz CT molecular complexity index is 906. The molecular formula is C18H19ClF2N4O3. The van der Waals surface area contributed by atoms with E-state index in [4.69, 9.17) is 11.6 Å². The first-order valence-electron chi connectivity index (χ1n) is 8.71. The summed E-state index contributed by atoms with van der Waals surface area (Å²) in [5.74, 6) is -4.82. The molecule has 0 bridgehead atoms. The molecule has 1 aromatic heterocycles. The second-order valence-electron chi connectivity index (χ2n) is 6.98. The molecule has 1 aromatic carbocycles. The second-order valence-corrected chi connectivity index (χ2v) is 7.42. The lowest BCUT2D eigenvalue weighted by atomic mass is 9.79. The normalized spacial score (nSPS) is 17.9. The Morgan fingerprint density at radius 1 is 1.29 bits per heavy atom. The number of halogens is 3. The number of amides is 1. The number of nitrogens with zero attached hydrogens (tertiary/aromatic N) is 3. The van der Waals surface area contributed by atoms with E-state index in [0.717, 1.165) is 0 Å². The van der Waals surface area contributed by atoms with Gasteiger partial charge in [-0.15, -0.1) is 5.10 Å². The van der Waals surface area contributed by atoms with Gasteiger partial charge in [0.05, 0.1) is 23.5 Å². The minimum Gasteiger partial charge on any atom is -0.480 e. The lowest BCUT2D eigenvalue weighted by molar-refractivity contribution is -0.153. The minimum atomic E-state index is -2.90. The SMILES string of the molecule is Cc1c(CC(=O)NC2(C(=O)O)CCC(F)(F)CC2)nnn1-c1cccc(Cl)c1. The number of hydrogen-bond acceptors (Lipinski definition) is 4. The summed E-state index contributed by atoms with van der Waals surface area (Å²) in [6.45, 7) is 1.72. The van der Waals surface area contributed by atoms with Crippen LogP contribution in [-0.2, 0) is 16.0 Å². The van der Waals surface area contributed by atoms with Gasteiger partial charge in [-0.05, 0) is 38.0 Å². The molecule has 1 amide bonds. The number of aliphatic carboxylic acids is 1. The summed E-state index contributed by atoms with van der Waals surface area (Å²) in [7, 11) is 0. The van der Waals surface area contributed by atoms with Crippen LogP contribution in [0.25, 0.3) is 5.69 Å². The third kappa shape index (κ3) is 4.14. The average molecular weight is 413 g/mol. The molecule has 2 N–H and O–H groups in total. The molecule has 1 aliphatic carbocycles. The largest absolute Gasteiger partial charge is 0.480 e. The van der Waals surface area contributed by atoms with Crippen LogP contribution in [-0.4, -0.2) is 43.4 Å². The fourth-order valence-corrected chi connectivity index (χ4v) is 3.46. The fraction of sp³-hybridized carbons (Fsp3) is 0.444. The van der Waals surface area contributed by atoms with E-state index in [1.54, 1.807) is 31.2 Å². The lowest BCUT2D eigenvalue weighted by Gasteiger charge is -2.37. The Labute approximate surface area is 164 Å². The summed E-state index contributed by atoms with van der Waals surface area (Å²) in [6.07, 6.45) is -2.02. The van der Waals surface area contributed by atoms with E-state index >= 15 is 0 Å². The number of carboxylic acid groups (broad SMARTS) is 1. The summed E-state index contributed by atoms with van der Waals surface area (Å²) in [6, 6.07) is 6.93. The van der Waals surface area contributed by atoms with Crippen molar-refractivity contribution in [2.45, 2.75) is 50.5 Å². The van der Waals surface area contributed by atoms with Crippen molar-refractivity contribution in [1.82, 2.24) is 20.3 Å². The maximum Gasteiger partial charge on any atom is 0.329 e. The zero-order valence-corrected chi connectivity index (χ0v) is 15.8. The zero-order valence-electron chi connectivity index (χ0n) is 15.1. The predicted molar refractivity (Wildman–Crippen MR) is 96.7 cm³/mol. The van der Waals surface area contributed by atoms with Gasteiger partial charge in [0.15, 0.2) is 0 Å². The van der Waals surface area contributed by atoms with Crippen LogP contribution in [0, 0.1) is 6.92 Å². The summed E-state index contributed by atoms with van der Waals surface area (Å²) in [5.41, 5.74) is -0.0629. The Morgan fingerprint density at radius 2 is 1.96 bits per heavy atom. The number of hydrogen-bond donors (Lipinski definition) is 2. The van der Waals surface area contributed by atoms with Gasteiger partial charge in [-0.25, -0.2) is 18.3 Å². The van der Waals surface area contributed by atoms with Gasteiger partial charge in [0.1, 0.15) is 5.54 Å². The third-order valence-electron chi connectivity index (χ3n) is 4.99.